The van der Waals surface area contributed by atoms with Crippen molar-refractivity contribution in [2.45, 2.75) is 33.2 Å². The summed E-state index contributed by atoms with van der Waals surface area (Å²) in [7, 11) is 0. The van der Waals surface area contributed by atoms with E-state index < -0.39 is 6.04 Å². The molecular formula is C13H17BrFNO2. The number of hydrogen-bond donors (Lipinski definition) is 1. The van der Waals surface area contributed by atoms with Crippen molar-refractivity contribution in [3.8, 4) is 0 Å². The molecule has 3 nitrogen and oxygen atoms in total. The molecule has 100 valence electrons. The van der Waals surface area contributed by atoms with Gasteiger partial charge >= 0.3 is 5.97 Å². The number of rotatable bonds is 5. The minimum Gasteiger partial charge on any atom is -0.464 e. The van der Waals surface area contributed by atoms with Gasteiger partial charge in [0.25, 0.3) is 0 Å². The zero-order valence-corrected chi connectivity index (χ0v) is 12.3. The molecule has 0 aliphatic heterocycles. The van der Waals surface area contributed by atoms with Crippen molar-refractivity contribution < 1.29 is 13.9 Å². The molecule has 0 spiro atoms. The van der Waals surface area contributed by atoms with Crippen molar-refractivity contribution in [2.24, 2.45) is 0 Å². The van der Waals surface area contributed by atoms with Crippen LogP contribution in [0.25, 0.3) is 0 Å². The minimum atomic E-state index is -0.454. The highest BCUT2D eigenvalue weighted by atomic mass is 79.9. The summed E-state index contributed by atoms with van der Waals surface area (Å²) in [6.07, 6.45) is 0.579. The quantitative estimate of drug-likeness (QED) is 0.842. The van der Waals surface area contributed by atoms with E-state index in [2.05, 4.69) is 21.2 Å². The summed E-state index contributed by atoms with van der Waals surface area (Å²) in [5, 5.41) is 3.01. The van der Waals surface area contributed by atoms with E-state index in [1.165, 1.54) is 6.07 Å². The number of halogens is 2. The number of nitrogens with one attached hydrogen (secondary N) is 1. The largest absolute Gasteiger partial charge is 0.464 e. The summed E-state index contributed by atoms with van der Waals surface area (Å²) in [5.41, 5.74) is 1.47. The molecule has 1 unspecified atom stereocenters. The van der Waals surface area contributed by atoms with Gasteiger partial charge in [0.1, 0.15) is 11.9 Å². The molecule has 0 saturated heterocycles. The Balaban J connectivity index is 2.88. The molecule has 0 aliphatic rings. The minimum absolute atomic E-state index is 0.317. The number of hydrogen-bond acceptors (Lipinski definition) is 3. The van der Waals surface area contributed by atoms with Gasteiger partial charge in [-0.25, -0.2) is 9.18 Å². The lowest BCUT2D eigenvalue weighted by atomic mass is 10.1. The van der Waals surface area contributed by atoms with Crippen molar-refractivity contribution >= 4 is 27.6 Å². The van der Waals surface area contributed by atoms with Gasteiger partial charge < -0.3 is 10.1 Å². The molecule has 1 N–H and O–H groups in total. The van der Waals surface area contributed by atoms with Crippen molar-refractivity contribution in [2.75, 3.05) is 11.9 Å². The molecule has 0 radical (unpaired) electrons. The fourth-order valence-electron chi connectivity index (χ4n) is 1.56. The Morgan fingerprint density at radius 1 is 1.50 bits per heavy atom. The Bertz CT molecular complexity index is 437. The average Bonchev–Trinajstić information content (AvgIpc) is 2.32. The molecule has 0 saturated carbocycles. The second-order valence-electron chi connectivity index (χ2n) is 3.94. The third-order valence-electron chi connectivity index (χ3n) is 2.58. The average molecular weight is 318 g/mol. The maximum absolute atomic E-state index is 13.5. The molecule has 0 bridgehead atoms. The van der Waals surface area contributed by atoms with Gasteiger partial charge in [0, 0.05) is 5.69 Å². The van der Waals surface area contributed by atoms with Gasteiger partial charge in [-0.15, -0.1) is 0 Å². The fourth-order valence-corrected chi connectivity index (χ4v) is 2.02. The van der Waals surface area contributed by atoms with Crippen LogP contribution < -0.4 is 5.32 Å². The van der Waals surface area contributed by atoms with Crippen LogP contribution >= 0.6 is 15.9 Å². The lowest BCUT2D eigenvalue weighted by Gasteiger charge is -2.18. The van der Waals surface area contributed by atoms with Gasteiger partial charge in [-0.05, 0) is 53.9 Å². The van der Waals surface area contributed by atoms with Crippen LogP contribution in [0.15, 0.2) is 16.6 Å². The van der Waals surface area contributed by atoms with Crippen molar-refractivity contribution in [3.63, 3.8) is 0 Å². The number of esters is 1. The highest BCUT2D eigenvalue weighted by Crippen LogP contribution is 2.24. The van der Waals surface area contributed by atoms with E-state index in [9.17, 15) is 9.18 Å². The Labute approximate surface area is 115 Å². The molecule has 0 aliphatic carbocycles. The first-order valence-electron chi connectivity index (χ1n) is 5.88. The predicted octanol–water partition coefficient (Wildman–Crippen LogP) is 3.65. The first-order valence-corrected chi connectivity index (χ1v) is 6.67. The van der Waals surface area contributed by atoms with E-state index in [-0.39, 0.29) is 11.8 Å². The van der Waals surface area contributed by atoms with Gasteiger partial charge in [0.15, 0.2) is 0 Å². The molecular weight excluding hydrogens is 301 g/mol. The number of carbonyl (C=O) groups is 1. The van der Waals surface area contributed by atoms with Gasteiger partial charge in [-0.3, -0.25) is 0 Å². The molecule has 1 aromatic carbocycles. The normalized spacial score (nSPS) is 12.1. The third kappa shape index (κ3) is 3.70. The maximum atomic E-state index is 13.5. The van der Waals surface area contributed by atoms with E-state index >= 15 is 0 Å². The Hall–Kier alpha value is -1.10. The number of ether oxygens (including phenoxy) is 1. The van der Waals surface area contributed by atoms with E-state index in [1.54, 1.807) is 13.0 Å². The van der Waals surface area contributed by atoms with Crippen LogP contribution in [0.4, 0.5) is 10.1 Å². The van der Waals surface area contributed by atoms with Gasteiger partial charge in [0.05, 0.1) is 11.1 Å². The third-order valence-corrected chi connectivity index (χ3v) is 3.18. The summed E-state index contributed by atoms with van der Waals surface area (Å²) < 4.78 is 18.8. The standard InChI is InChI=1S/C13H17BrFNO2/c1-4-11(13(17)18-5-2)16-12-7-10(15)9(14)6-8(12)3/h6-7,11,16H,4-5H2,1-3H3. The number of aryl methyl sites for hydroxylation is 1. The summed E-state index contributed by atoms with van der Waals surface area (Å²) >= 11 is 3.12. The smallest absolute Gasteiger partial charge is 0.328 e. The summed E-state index contributed by atoms with van der Waals surface area (Å²) in [6.45, 7) is 5.82. The molecule has 1 atom stereocenters. The maximum Gasteiger partial charge on any atom is 0.328 e. The number of carbonyl (C=O) groups excluding carboxylic acids is 1. The molecule has 0 fully saturated rings. The second-order valence-corrected chi connectivity index (χ2v) is 4.79. The highest BCUT2D eigenvalue weighted by Gasteiger charge is 2.18. The van der Waals surface area contributed by atoms with Crippen LogP contribution in [0.1, 0.15) is 25.8 Å². The van der Waals surface area contributed by atoms with Gasteiger partial charge in [-0.1, -0.05) is 6.92 Å². The van der Waals surface area contributed by atoms with Crippen LogP contribution in [0, 0.1) is 12.7 Å². The lowest BCUT2D eigenvalue weighted by Crippen LogP contribution is -2.31. The molecule has 1 rings (SSSR count). The SMILES string of the molecule is CCOC(=O)C(CC)Nc1cc(F)c(Br)cc1C. The lowest BCUT2D eigenvalue weighted by molar-refractivity contribution is -0.144. The van der Waals surface area contributed by atoms with Crippen LogP contribution in [0.5, 0.6) is 0 Å². The second kappa shape index (κ2) is 6.73. The Morgan fingerprint density at radius 2 is 2.17 bits per heavy atom. The molecule has 5 heteroatoms. The van der Waals surface area contributed by atoms with Crippen LogP contribution in [0.3, 0.4) is 0 Å². The summed E-state index contributed by atoms with van der Waals surface area (Å²) in [6, 6.07) is 2.60. The predicted molar refractivity (Wildman–Crippen MR) is 73.2 cm³/mol. The highest BCUT2D eigenvalue weighted by molar-refractivity contribution is 9.10. The van der Waals surface area contributed by atoms with Gasteiger partial charge in [0.2, 0.25) is 0 Å². The molecule has 0 amide bonds. The Morgan fingerprint density at radius 3 is 2.72 bits per heavy atom. The van der Waals surface area contributed by atoms with Crippen molar-refractivity contribution in [1.29, 1.82) is 0 Å². The first kappa shape index (κ1) is 15.0. The van der Waals surface area contributed by atoms with Crippen molar-refractivity contribution in [3.05, 3.63) is 28.0 Å². The van der Waals surface area contributed by atoms with Gasteiger partial charge in [-0.2, -0.15) is 0 Å². The topological polar surface area (TPSA) is 38.3 Å². The van der Waals surface area contributed by atoms with Crippen LogP contribution in [-0.4, -0.2) is 18.6 Å². The summed E-state index contributed by atoms with van der Waals surface area (Å²) in [4.78, 5) is 11.7. The molecule has 1 aromatic rings. The monoisotopic (exact) mass is 317 g/mol. The van der Waals surface area contributed by atoms with Crippen LogP contribution in [0.2, 0.25) is 0 Å². The van der Waals surface area contributed by atoms with E-state index in [0.717, 1.165) is 5.56 Å². The fraction of sp³-hybridized carbons (Fsp3) is 0.462. The summed E-state index contributed by atoms with van der Waals surface area (Å²) in [5.74, 6) is -0.676. The molecule has 0 heterocycles. The Kier molecular flexibility index (Phi) is 5.59. The van der Waals surface area contributed by atoms with E-state index in [4.69, 9.17) is 4.74 Å². The van der Waals surface area contributed by atoms with E-state index in [1.807, 2.05) is 13.8 Å². The van der Waals surface area contributed by atoms with Crippen molar-refractivity contribution in [1.82, 2.24) is 0 Å². The first-order chi connectivity index (χ1) is 8.49. The number of benzene rings is 1. The molecule has 0 aromatic heterocycles. The zero-order valence-electron chi connectivity index (χ0n) is 10.7. The van der Waals surface area contributed by atoms with Crippen LogP contribution in [-0.2, 0) is 9.53 Å². The number of anilines is 1. The molecule has 18 heavy (non-hydrogen) atoms. The zero-order chi connectivity index (χ0) is 13.7. The van der Waals surface area contributed by atoms with E-state index in [0.29, 0.717) is 23.2 Å².